The number of carbonyl (C=O) groups excluding carboxylic acids is 1. The number of nitrogens with one attached hydrogen (secondary N) is 1. The second-order valence-corrected chi connectivity index (χ2v) is 6.35. The maximum atomic E-state index is 12.3. The van der Waals surface area contributed by atoms with E-state index in [1.165, 1.54) is 0 Å². The standard InChI is InChI=1S/C17H22IN3O/c1-4-8-21(9-5-2)12-14(11-19)17(22)20-16-7-6-15(18)10-13(16)3/h6-7,10,12H,4-5,8-9H2,1-3H3,(H,20,22)/b14-12-. The summed E-state index contributed by atoms with van der Waals surface area (Å²) in [7, 11) is 0. The first kappa shape index (κ1) is 18.5. The first-order chi connectivity index (χ1) is 10.5. The number of aryl methyl sites for hydroxylation is 1. The molecule has 0 atom stereocenters. The van der Waals surface area contributed by atoms with Crippen molar-refractivity contribution in [2.75, 3.05) is 18.4 Å². The summed E-state index contributed by atoms with van der Waals surface area (Å²) < 4.78 is 1.11. The van der Waals surface area contributed by atoms with Gasteiger partial charge in [-0.25, -0.2) is 0 Å². The quantitative estimate of drug-likeness (QED) is 0.418. The van der Waals surface area contributed by atoms with E-state index in [1.807, 2.05) is 36.1 Å². The van der Waals surface area contributed by atoms with E-state index in [0.29, 0.717) is 0 Å². The smallest absolute Gasteiger partial charge is 0.267 e. The lowest BCUT2D eigenvalue weighted by Gasteiger charge is -2.19. The van der Waals surface area contributed by atoms with Crippen LogP contribution in [0.4, 0.5) is 5.69 Å². The van der Waals surface area contributed by atoms with Crippen molar-refractivity contribution in [3.05, 3.63) is 39.1 Å². The lowest BCUT2D eigenvalue weighted by molar-refractivity contribution is -0.112. The molecule has 1 N–H and O–H groups in total. The van der Waals surface area contributed by atoms with E-state index in [0.717, 1.165) is 40.8 Å². The van der Waals surface area contributed by atoms with Crippen LogP contribution < -0.4 is 5.32 Å². The van der Waals surface area contributed by atoms with E-state index in [9.17, 15) is 10.1 Å². The molecule has 0 heterocycles. The van der Waals surface area contributed by atoms with Gasteiger partial charge in [0.25, 0.3) is 5.91 Å². The number of hydrogen-bond acceptors (Lipinski definition) is 3. The largest absolute Gasteiger partial charge is 0.376 e. The topological polar surface area (TPSA) is 56.1 Å². The Kier molecular flexibility index (Phi) is 7.96. The molecule has 1 amide bonds. The zero-order valence-corrected chi connectivity index (χ0v) is 15.5. The van der Waals surface area contributed by atoms with Crippen molar-refractivity contribution < 1.29 is 4.79 Å². The fourth-order valence-electron chi connectivity index (χ4n) is 2.09. The molecule has 1 rings (SSSR count). The molecule has 22 heavy (non-hydrogen) atoms. The van der Waals surface area contributed by atoms with E-state index in [-0.39, 0.29) is 11.5 Å². The van der Waals surface area contributed by atoms with Crippen molar-refractivity contribution >= 4 is 34.2 Å². The number of benzene rings is 1. The lowest BCUT2D eigenvalue weighted by atomic mass is 10.2. The summed E-state index contributed by atoms with van der Waals surface area (Å²) in [5.41, 5.74) is 1.86. The van der Waals surface area contributed by atoms with Crippen LogP contribution in [-0.4, -0.2) is 23.9 Å². The van der Waals surface area contributed by atoms with Gasteiger partial charge in [0.05, 0.1) is 0 Å². The number of hydrogen-bond donors (Lipinski definition) is 1. The van der Waals surface area contributed by atoms with Gasteiger partial charge in [0.1, 0.15) is 11.6 Å². The maximum Gasteiger partial charge on any atom is 0.267 e. The van der Waals surface area contributed by atoms with Gasteiger partial charge in [-0.15, -0.1) is 0 Å². The fraction of sp³-hybridized carbons (Fsp3) is 0.412. The van der Waals surface area contributed by atoms with Gasteiger partial charge in [-0.05, 0) is 66.1 Å². The summed E-state index contributed by atoms with van der Waals surface area (Å²) in [6, 6.07) is 7.79. The minimum absolute atomic E-state index is 0.139. The molecular weight excluding hydrogens is 389 g/mol. The first-order valence-corrected chi connectivity index (χ1v) is 8.53. The summed E-state index contributed by atoms with van der Waals surface area (Å²) >= 11 is 2.23. The molecule has 0 aromatic heterocycles. The normalized spacial score (nSPS) is 11.0. The third kappa shape index (κ3) is 5.68. The zero-order valence-electron chi connectivity index (χ0n) is 13.3. The molecule has 118 valence electrons. The van der Waals surface area contributed by atoms with Crippen LogP contribution in [0, 0.1) is 21.8 Å². The Morgan fingerprint density at radius 3 is 2.50 bits per heavy atom. The van der Waals surface area contributed by atoms with Crippen molar-refractivity contribution in [2.24, 2.45) is 0 Å². The Bertz CT molecular complexity index is 584. The zero-order chi connectivity index (χ0) is 16.5. The van der Waals surface area contributed by atoms with Crippen LogP contribution in [0.5, 0.6) is 0 Å². The SMILES string of the molecule is CCCN(/C=C(/C#N)C(=O)Nc1ccc(I)cc1C)CCC. The van der Waals surface area contributed by atoms with Gasteiger partial charge in [-0.2, -0.15) is 5.26 Å². The number of nitriles is 1. The summed E-state index contributed by atoms with van der Waals surface area (Å²) in [6.07, 6.45) is 3.63. The van der Waals surface area contributed by atoms with Crippen LogP contribution in [-0.2, 0) is 4.79 Å². The van der Waals surface area contributed by atoms with E-state index < -0.39 is 0 Å². The van der Waals surface area contributed by atoms with Gasteiger partial charge in [-0.3, -0.25) is 4.79 Å². The van der Waals surface area contributed by atoms with Gasteiger partial charge in [0.2, 0.25) is 0 Å². The van der Waals surface area contributed by atoms with Crippen LogP contribution in [0.1, 0.15) is 32.3 Å². The minimum atomic E-state index is -0.357. The number of halogens is 1. The first-order valence-electron chi connectivity index (χ1n) is 7.45. The molecule has 0 spiro atoms. The third-order valence-corrected chi connectivity index (χ3v) is 3.81. The van der Waals surface area contributed by atoms with Crippen molar-refractivity contribution in [3.8, 4) is 6.07 Å². The van der Waals surface area contributed by atoms with Crippen LogP contribution in [0.3, 0.4) is 0 Å². The Hall–Kier alpha value is -1.55. The Morgan fingerprint density at radius 2 is 2.00 bits per heavy atom. The molecule has 0 unspecified atom stereocenters. The Labute approximate surface area is 146 Å². The predicted molar refractivity (Wildman–Crippen MR) is 98.4 cm³/mol. The minimum Gasteiger partial charge on any atom is -0.376 e. The van der Waals surface area contributed by atoms with E-state index in [2.05, 4.69) is 41.8 Å². The van der Waals surface area contributed by atoms with Crippen LogP contribution in [0.2, 0.25) is 0 Å². The average Bonchev–Trinajstić information content (AvgIpc) is 2.47. The predicted octanol–water partition coefficient (Wildman–Crippen LogP) is 4.07. The second kappa shape index (κ2) is 9.46. The maximum absolute atomic E-state index is 12.3. The summed E-state index contributed by atoms with van der Waals surface area (Å²) in [5.74, 6) is -0.357. The van der Waals surface area contributed by atoms with E-state index >= 15 is 0 Å². The highest BCUT2D eigenvalue weighted by Gasteiger charge is 2.12. The molecule has 1 aromatic carbocycles. The molecule has 0 saturated carbocycles. The van der Waals surface area contributed by atoms with Gasteiger partial charge in [0.15, 0.2) is 0 Å². The van der Waals surface area contributed by atoms with Gasteiger partial charge in [-0.1, -0.05) is 13.8 Å². The second-order valence-electron chi connectivity index (χ2n) is 5.10. The third-order valence-electron chi connectivity index (χ3n) is 3.14. The molecule has 5 heteroatoms. The van der Waals surface area contributed by atoms with Gasteiger partial charge < -0.3 is 10.2 Å². The molecule has 4 nitrogen and oxygen atoms in total. The number of amides is 1. The number of anilines is 1. The molecule has 1 aromatic rings. The highest BCUT2D eigenvalue weighted by Crippen LogP contribution is 2.18. The fourth-order valence-corrected chi connectivity index (χ4v) is 2.74. The number of nitrogens with zero attached hydrogens (tertiary/aromatic N) is 2. The Morgan fingerprint density at radius 1 is 1.36 bits per heavy atom. The van der Waals surface area contributed by atoms with Gasteiger partial charge >= 0.3 is 0 Å². The average molecular weight is 411 g/mol. The molecule has 0 saturated heterocycles. The van der Waals surface area contributed by atoms with Gasteiger partial charge in [0, 0.05) is 28.5 Å². The highest BCUT2D eigenvalue weighted by molar-refractivity contribution is 14.1. The molecule has 0 aliphatic heterocycles. The number of rotatable bonds is 7. The molecule has 0 aliphatic rings. The van der Waals surface area contributed by atoms with E-state index in [1.54, 1.807) is 6.20 Å². The van der Waals surface area contributed by atoms with E-state index in [4.69, 9.17) is 0 Å². The number of carbonyl (C=O) groups is 1. The van der Waals surface area contributed by atoms with Crippen LogP contribution in [0.25, 0.3) is 0 Å². The van der Waals surface area contributed by atoms with Crippen molar-refractivity contribution in [1.82, 2.24) is 4.90 Å². The summed E-state index contributed by atoms with van der Waals surface area (Å²) in [5, 5.41) is 12.1. The van der Waals surface area contributed by atoms with Crippen molar-refractivity contribution in [3.63, 3.8) is 0 Å². The molecular formula is C17H22IN3O. The molecule has 0 radical (unpaired) electrons. The summed E-state index contributed by atoms with van der Waals surface area (Å²) in [6.45, 7) is 7.78. The lowest BCUT2D eigenvalue weighted by Crippen LogP contribution is -2.23. The molecule has 0 bridgehead atoms. The molecule has 0 fully saturated rings. The Balaban J connectivity index is 2.89. The van der Waals surface area contributed by atoms with Crippen molar-refractivity contribution in [2.45, 2.75) is 33.6 Å². The monoisotopic (exact) mass is 411 g/mol. The molecule has 0 aliphatic carbocycles. The van der Waals surface area contributed by atoms with Crippen LogP contribution in [0.15, 0.2) is 30.0 Å². The van der Waals surface area contributed by atoms with Crippen molar-refractivity contribution in [1.29, 1.82) is 5.26 Å². The highest BCUT2D eigenvalue weighted by atomic mass is 127. The summed E-state index contributed by atoms with van der Waals surface area (Å²) in [4.78, 5) is 14.3. The van der Waals surface area contributed by atoms with Crippen LogP contribution >= 0.6 is 22.6 Å².